The van der Waals surface area contributed by atoms with E-state index in [0.717, 1.165) is 18.8 Å². The van der Waals surface area contributed by atoms with Crippen LogP contribution in [0.3, 0.4) is 0 Å². The van der Waals surface area contributed by atoms with Gasteiger partial charge in [0.1, 0.15) is 11.2 Å². The van der Waals surface area contributed by atoms with E-state index in [1.807, 2.05) is 25.9 Å². The maximum Gasteiger partial charge on any atom is 0.274 e. The van der Waals surface area contributed by atoms with Gasteiger partial charge < -0.3 is 9.80 Å². The molecule has 0 saturated carbocycles. The van der Waals surface area contributed by atoms with Crippen LogP contribution in [0.5, 0.6) is 0 Å². The molecule has 1 N–H and O–H groups in total. The second-order valence-corrected chi connectivity index (χ2v) is 6.41. The van der Waals surface area contributed by atoms with Crippen molar-refractivity contribution < 1.29 is 9.59 Å². The minimum atomic E-state index is -0.439. The van der Waals surface area contributed by atoms with Gasteiger partial charge in [0.15, 0.2) is 0 Å². The van der Waals surface area contributed by atoms with Gasteiger partial charge in [-0.1, -0.05) is 0 Å². The number of H-pyrrole nitrogens is 1. The first kappa shape index (κ1) is 15.0. The zero-order valence-corrected chi connectivity index (χ0v) is 13.4. The molecule has 2 aliphatic rings. The number of aromatic nitrogens is 2. The number of amides is 2. The average Bonchev–Trinajstić information content (AvgIpc) is 2.96. The Kier molecular flexibility index (Phi) is 3.68. The third kappa shape index (κ3) is 2.29. The lowest BCUT2D eigenvalue weighted by Gasteiger charge is -2.50. The standard InChI is InChI=1S/C15H23N5O2/c1-11-10-12(17-16-11)13(21)20-6-4-15(5-7-20)14(22)18(2)8-9-19(15)3/h10H,4-9H2,1-3H3,(H,16,17). The number of piperidine rings is 1. The summed E-state index contributed by atoms with van der Waals surface area (Å²) in [7, 11) is 3.88. The van der Waals surface area contributed by atoms with Gasteiger partial charge in [0.05, 0.1) is 0 Å². The van der Waals surface area contributed by atoms with E-state index in [0.29, 0.717) is 31.6 Å². The van der Waals surface area contributed by atoms with Crippen LogP contribution < -0.4 is 0 Å². The smallest absolute Gasteiger partial charge is 0.274 e. The van der Waals surface area contributed by atoms with Crippen LogP contribution in [-0.4, -0.2) is 82.5 Å². The topological polar surface area (TPSA) is 72.5 Å². The summed E-state index contributed by atoms with van der Waals surface area (Å²) < 4.78 is 0. The highest BCUT2D eigenvalue weighted by molar-refractivity contribution is 5.93. The van der Waals surface area contributed by atoms with Crippen molar-refractivity contribution in [1.29, 1.82) is 0 Å². The van der Waals surface area contributed by atoms with Crippen molar-refractivity contribution in [3.63, 3.8) is 0 Å². The summed E-state index contributed by atoms with van der Waals surface area (Å²) in [6.07, 6.45) is 1.36. The predicted octanol–water partition coefficient (Wildman–Crippen LogP) is 0.0967. The average molecular weight is 305 g/mol. The van der Waals surface area contributed by atoms with E-state index in [9.17, 15) is 9.59 Å². The van der Waals surface area contributed by atoms with Crippen LogP contribution >= 0.6 is 0 Å². The minimum Gasteiger partial charge on any atom is -0.343 e. The molecule has 3 rings (SSSR count). The van der Waals surface area contributed by atoms with Gasteiger partial charge >= 0.3 is 0 Å². The number of nitrogens with zero attached hydrogens (tertiary/aromatic N) is 4. The molecule has 1 spiro atoms. The fraction of sp³-hybridized carbons (Fsp3) is 0.667. The molecule has 0 bridgehead atoms. The first-order valence-corrected chi connectivity index (χ1v) is 7.72. The Morgan fingerprint density at radius 1 is 1.23 bits per heavy atom. The highest BCUT2D eigenvalue weighted by Gasteiger charge is 2.48. The molecular weight excluding hydrogens is 282 g/mol. The number of nitrogens with one attached hydrogen (secondary N) is 1. The Balaban J connectivity index is 1.72. The van der Waals surface area contributed by atoms with E-state index < -0.39 is 5.54 Å². The predicted molar refractivity (Wildman–Crippen MR) is 81.5 cm³/mol. The molecule has 0 aromatic carbocycles. The summed E-state index contributed by atoms with van der Waals surface area (Å²) in [4.78, 5) is 30.9. The van der Waals surface area contributed by atoms with Crippen LogP contribution in [0.2, 0.25) is 0 Å². The Labute approximate surface area is 130 Å². The van der Waals surface area contributed by atoms with Crippen molar-refractivity contribution >= 4 is 11.8 Å². The van der Waals surface area contributed by atoms with E-state index in [-0.39, 0.29) is 11.8 Å². The molecule has 3 heterocycles. The van der Waals surface area contributed by atoms with Gasteiger partial charge in [-0.2, -0.15) is 5.10 Å². The third-order valence-electron chi connectivity index (χ3n) is 5.05. The first-order valence-electron chi connectivity index (χ1n) is 7.72. The molecule has 0 radical (unpaired) electrons. The summed E-state index contributed by atoms with van der Waals surface area (Å²) >= 11 is 0. The second kappa shape index (κ2) is 5.39. The maximum atomic E-state index is 12.6. The van der Waals surface area contributed by atoms with Gasteiger partial charge in [-0.3, -0.25) is 19.6 Å². The number of hydrogen-bond donors (Lipinski definition) is 1. The molecule has 120 valence electrons. The Morgan fingerprint density at radius 3 is 2.50 bits per heavy atom. The van der Waals surface area contributed by atoms with Gasteiger partial charge in [0, 0.05) is 38.9 Å². The molecule has 2 aliphatic heterocycles. The number of carbonyl (C=O) groups is 2. The first-order chi connectivity index (χ1) is 10.4. The highest BCUT2D eigenvalue weighted by atomic mass is 16.2. The number of piperazine rings is 1. The van der Waals surface area contributed by atoms with Crippen molar-refractivity contribution in [3.8, 4) is 0 Å². The Bertz CT molecular complexity index is 589. The lowest BCUT2D eigenvalue weighted by molar-refractivity contribution is -0.151. The number of carbonyl (C=O) groups excluding carboxylic acids is 2. The van der Waals surface area contributed by atoms with Crippen LogP contribution in [0.15, 0.2) is 6.07 Å². The van der Waals surface area contributed by atoms with E-state index in [1.165, 1.54) is 0 Å². The summed E-state index contributed by atoms with van der Waals surface area (Å²) in [5.74, 6) is 0.127. The fourth-order valence-corrected chi connectivity index (χ4v) is 3.50. The molecule has 0 atom stereocenters. The zero-order chi connectivity index (χ0) is 15.9. The number of aryl methyl sites for hydroxylation is 1. The van der Waals surface area contributed by atoms with Gasteiger partial charge in [-0.05, 0) is 32.9 Å². The monoisotopic (exact) mass is 305 g/mol. The summed E-state index contributed by atoms with van der Waals surface area (Å²) in [6.45, 7) is 4.71. The van der Waals surface area contributed by atoms with Gasteiger partial charge in [-0.25, -0.2) is 0 Å². The van der Waals surface area contributed by atoms with Gasteiger partial charge in [-0.15, -0.1) is 0 Å². The van der Waals surface area contributed by atoms with Crippen LogP contribution in [0.25, 0.3) is 0 Å². The summed E-state index contributed by atoms with van der Waals surface area (Å²) in [5, 5.41) is 6.83. The van der Waals surface area contributed by atoms with Crippen molar-refractivity contribution in [1.82, 2.24) is 24.9 Å². The van der Waals surface area contributed by atoms with Crippen LogP contribution in [0, 0.1) is 6.92 Å². The highest BCUT2D eigenvalue weighted by Crippen LogP contribution is 2.32. The SMILES string of the molecule is Cc1cc(C(=O)N2CCC3(CC2)C(=O)N(C)CCN3C)n[nH]1. The summed E-state index contributed by atoms with van der Waals surface area (Å²) in [5.41, 5.74) is 0.889. The molecular formula is C15H23N5O2. The molecule has 2 amide bonds. The van der Waals surface area contributed by atoms with Crippen molar-refractivity contribution in [2.45, 2.75) is 25.3 Å². The normalized spacial score (nSPS) is 22.4. The molecule has 2 fully saturated rings. The number of aromatic amines is 1. The van der Waals surface area contributed by atoms with E-state index in [4.69, 9.17) is 0 Å². The van der Waals surface area contributed by atoms with Crippen LogP contribution in [0.4, 0.5) is 0 Å². The number of rotatable bonds is 1. The summed E-state index contributed by atoms with van der Waals surface area (Å²) in [6, 6.07) is 1.76. The fourth-order valence-electron chi connectivity index (χ4n) is 3.50. The Morgan fingerprint density at radius 2 is 1.91 bits per heavy atom. The van der Waals surface area contributed by atoms with Crippen molar-refractivity contribution in [3.05, 3.63) is 17.5 Å². The largest absolute Gasteiger partial charge is 0.343 e. The zero-order valence-electron chi connectivity index (χ0n) is 13.4. The molecule has 0 unspecified atom stereocenters. The Hall–Kier alpha value is -1.89. The number of likely N-dealkylation sites (N-methyl/N-ethyl adjacent to an activating group) is 2. The van der Waals surface area contributed by atoms with Crippen molar-refractivity contribution in [2.75, 3.05) is 40.3 Å². The lowest BCUT2D eigenvalue weighted by atomic mass is 9.83. The molecule has 0 aliphatic carbocycles. The van der Waals surface area contributed by atoms with E-state index in [1.54, 1.807) is 11.0 Å². The molecule has 22 heavy (non-hydrogen) atoms. The second-order valence-electron chi connectivity index (χ2n) is 6.41. The molecule has 7 heteroatoms. The lowest BCUT2D eigenvalue weighted by Crippen LogP contribution is -2.67. The number of hydrogen-bond acceptors (Lipinski definition) is 4. The molecule has 1 aromatic rings. The third-order valence-corrected chi connectivity index (χ3v) is 5.05. The van der Waals surface area contributed by atoms with E-state index in [2.05, 4.69) is 15.1 Å². The quantitative estimate of drug-likeness (QED) is 0.798. The van der Waals surface area contributed by atoms with Crippen LogP contribution in [-0.2, 0) is 4.79 Å². The molecule has 7 nitrogen and oxygen atoms in total. The van der Waals surface area contributed by atoms with Crippen molar-refractivity contribution in [2.24, 2.45) is 0 Å². The van der Waals surface area contributed by atoms with Gasteiger partial charge in [0.2, 0.25) is 5.91 Å². The minimum absolute atomic E-state index is 0.0570. The maximum absolute atomic E-state index is 12.6. The molecule has 2 saturated heterocycles. The molecule has 1 aromatic heterocycles. The van der Waals surface area contributed by atoms with Gasteiger partial charge in [0.25, 0.3) is 5.91 Å². The van der Waals surface area contributed by atoms with Crippen LogP contribution in [0.1, 0.15) is 29.0 Å². The number of likely N-dealkylation sites (tertiary alicyclic amines) is 1. The van der Waals surface area contributed by atoms with E-state index >= 15 is 0 Å².